The molecule has 0 spiro atoms. The average molecular weight is 315 g/mol. The molecule has 0 aliphatic heterocycles. The third-order valence-corrected chi connectivity index (χ3v) is 3.51. The van der Waals surface area contributed by atoms with Gasteiger partial charge in [-0.3, -0.25) is 0 Å². The molecule has 0 unspecified atom stereocenters. The Morgan fingerprint density at radius 2 is 1.23 bits per heavy atom. The van der Waals surface area contributed by atoms with Crippen LogP contribution < -0.4 is 9.25 Å². The van der Waals surface area contributed by atoms with Crippen LogP contribution in [-0.4, -0.2) is 30.3 Å². The zero-order chi connectivity index (χ0) is 14.9. The average Bonchev–Trinajstić information content (AvgIpc) is 3.13. The van der Waals surface area contributed by atoms with E-state index < -0.39 is 8.25 Å². The lowest BCUT2D eigenvalue weighted by Crippen LogP contribution is -2.13. The summed E-state index contributed by atoms with van der Waals surface area (Å²) in [6.07, 6.45) is 0. The monoisotopic (exact) mass is 315 g/mol. The molecule has 4 rings (SSSR count). The maximum Gasteiger partial charge on any atom is 0.851 e. The van der Waals surface area contributed by atoms with E-state index in [-0.39, 0.29) is 0 Å². The summed E-state index contributed by atoms with van der Waals surface area (Å²) in [5.41, 5.74) is 2.41. The Morgan fingerprint density at radius 3 is 1.73 bits per heavy atom. The normalized spacial score (nSPS) is 10.9. The van der Waals surface area contributed by atoms with Crippen molar-refractivity contribution in [1.82, 2.24) is 30.3 Å². The van der Waals surface area contributed by atoms with Crippen LogP contribution in [0.2, 0.25) is 0 Å². The molecule has 108 valence electrons. The summed E-state index contributed by atoms with van der Waals surface area (Å²) in [5, 5.41) is 15.3. The number of hydrogen-bond acceptors (Lipinski definition) is 7. The fraction of sp³-hybridized carbons (Fsp3) is 0. The second-order valence-electron chi connectivity index (χ2n) is 4.29. The van der Waals surface area contributed by atoms with E-state index in [4.69, 9.17) is 9.25 Å². The molecular formula is C12H8N6O3P+. The van der Waals surface area contributed by atoms with Gasteiger partial charge >= 0.3 is 8.25 Å². The molecule has 2 heterocycles. The van der Waals surface area contributed by atoms with E-state index in [0.29, 0.717) is 22.1 Å². The zero-order valence-corrected chi connectivity index (χ0v) is 11.9. The molecule has 10 heteroatoms. The molecule has 0 aliphatic rings. The number of para-hydroxylation sites is 2. The topological polar surface area (TPSA) is 97.0 Å². The second-order valence-corrected chi connectivity index (χ2v) is 5.06. The lowest BCUT2D eigenvalue weighted by atomic mass is 10.3. The van der Waals surface area contributed by atoms with E-state index in [1.54, 1.807) is 36.4 Å². The lowest BCUT2D eigenvalue weighted by Gasteiger charge is -1.93. The molecule has 0 amide bonds. The first-order chi connectivity index (χ1) is 10.8. The Balaban J connectivity index is 1.58. The van der Waals surface area contributed by atoms with Gasteiger partial charge in [0.15, 0.2) is 0 Å². The van der Waals surface area contributed by atoms with E-state index in [9.17, 15) is 4.57 Å². The first-order valence-electron chi connectivity index (χ1n) is 6.26. The minimum atomic E-state index is -2.56. The van der Waals surface area contributed by atoms with Gasteiger partial charge < -0.3 is 0 Å². The lowest BCUT2D eigenvalue weighted by molar-refractivity contribution is 0.164. The van der Waals surface area contributed by atoms with Gasteiger partial charge in [0, 0.05) is 4.57 Å². The van der Waals surface area contributed by atoms with Gasteiger partial charge in [0.1, 0.15) is 22.1 Å². The predicted molar refractivity (Wildman–Crippen MR) is 75.8 cm³/mol. The third-order valence-electron chi connectivity index (χ3n) is 2.93. The van der Waals surface area contributed by atoms with Crippen LogP contribution in [0.1, 0.15) is 0 Å². The number of nitrogens with zero attached hydrogens (tertiary/aromatic N) is 6. The summed E-state index contributed by atoms with van der Waals surface area (Å²) >= 11 is 0. The van der Waals surface area contributed by atoms with Crippen molar-refractivity contribution >= 4 is 30.3 Å². The first-order valence-corrected chi connectivity index (χ1v) is 7.36. The summed E-state index contributed by atoms with van der Waals surface area (Å²) < 4.78 is 22.3. The van der Waals surface area contributed by atoms with Crippen molar-refractivity contribution in [2.45, 2.75) is 0 Å². The van der Waals surface area contributed by atoms with Gasteiger partial charge in [0.25, 0.3) is 0 Å². The number of fused-ring (bicyclic) bond motifs is 2. The molecule has 0 N–H and O–H groups in total. The molecule has 0 saturated heterocycles. The highest BCUT2D eigenvalue weighted by Gasteiger charge is 2.29. The highest BCUT2D eigenvalue weighted by Crippen LogP contribution is 2.19. The van der Waals surface area contributed by atoms with E-state index in [2.05, 4.69) is 20.6 Å². The van der Waals surface area contributed by atoms with Gasteiger partial charge in [-0.1, -0.05) is 33.5 Å². The predicted octanol–water partition coefficient (Wildman–Crippen LogP) is 1.39. The molecule has 0 aliphatic carbocycles. The zero-order valence-electron chi connectivity index (χ0n) is 11.0. The Bertz CT molecular complexity index is 903. The molecule has 9 nitrogen and oxygen atoms in total. The van der Waals surface area contributed by atoms with Crippen LogP contribution in [0.4, 0.5) is 0 Å². The largest absolute Gasteiger partial charge is 0.851 e. The molecular weight excluding hydrogens is 307 g/mol. The third kappa shape index (κ3) is 2.13. The second kappa shape index (κ2) is 5.05. The number of rotatable bonds is 4. The summed E-state index contributed by atoms with van der Waals surface area (Å²) in [5.74, 6) is 0. The summed E-state index contributed by atoms with van der Waals surface area (Å²) in [7, 11) is -2.56. The molecule has 22 heavy (non-hydrogen) atoms. The van der Waals surface area contributed by atoms with Crippen LogP contribution >= 0.6 is 8.25 Å². The summed E-state index contributed by atoms with van der Waals surface area (Å²) in [4.78, 5) is 2.10. The molecule has 2 aromatic heterocycles. The van der Waals surface area contributed by atoms with E-state index >= 15 is 0 Å². The fourth-order valence-electron chi connectivity index (χ4n) is 1.96. The van der Waals surface area contributed by atoms with Crippen molar-refractivity contribution in [2.24, 2.45) is 0 Å². The molecule has 4 aromatic rings. The van der Waals surface area contributed by atoms with E-state index in [1.807, 2.05) is 12.1 Å². The van der Waals surface area contributed by atoms with Gasteiger partial charge in [0.05, 0.1) is 0 Å². The maximum absolute atomic E-state index is 12.0. The quantitative estimate of drug-likeness (QED) is 0.525. The molecule has 0 bridgehead atoms. The van der Waals surface area contributed by atoms with Crippen LogP contribution in [0.25, 0.3) is 22.1 Å². The van der Waals surface area contributed by atoms with Gasteiger partial charge in [-0.05, 0) is 44.4 Å². The smallest absolute Gasteiger partial charge is 0.127 e. The Labute approximate surface area is 123 Å². The van der Waals surface area contributed by atoms with Crippen LogP contribution in [0, 0.1) is 0 Å². The van der Waals surface area contributed by atoms with Gasteiger partial charge in [-0.15, -0.1) is 10.2 Å². The minimum Gasteiger partial charge on any atom is -0.127 e. The van der Waals surface area contributed by atoms with Crippen molar-refractivity contribution in [3.05, 3.63) is 48.5 Å². The Morgan fingerprint density at radius 1 is 0.773 bits per heavy atom. The van der Waals surface area contributed by atoms with Crippen molar-refractivity contribution in [2.75, 3.05) is 0 Å². The fourth-order valence-corrected chi connectivity index (χ4v) is 2.48. The van der Waals surface area contributed by atoms with Gasteiger partial charge in [-0.25, -0.2) is 0 Å². The Kier molecular flexibility index (Phi) is 2.90. The van der Waals surface area contributed by atoms with Gasteiger partial charge in [-0.2, -0.15) is 0 Å². The molecule has 0 fully saturated rings. The Hall–Kier alpha value is -3.06. The minimum absolute atomic E-state index is 0.581. The maximum atomic E-state index is 12.0. The standard InChI is InChI=1S/C12H8N6O3P/c19-22(20-17-11-7-3-1-5-9(11)13-15-17)21-18-12-8-4-2-6-10(12)14-16-18/h1-8H/q+1. The SMILES string of the molecule is O=[P+](On1nnc2ccccc21)On1nnc2ccccc21. The summed E-state index contributed by atoms with van der Waals surface area (Å²) in [6.45, 7) is 0. The number of hydrogen-bond donors (Lipinski definition) is 0. The number of benzene rings is 2. The van der Waals surface area contributed by atoms with Crippen LogP contribution in [0.5, 0.6) is 0 Å². The summed E-state index contributed by atoms with van der Waals surface area (Å²) in [6, 6.07) is 14.2. The van der Waals surface area contributed by atoms with Crippen molar-refractivity contribution in [3.63, 3.8) is 0 Å². The molecule has 2 aromatic carbocycles. The van der Waals surface area contributed by atoms with Crippen LogP contribution in [-0.2, 0) is 4.57 Å². The highest BCUT2D eigenvalue weighted by molar-refractivity contribution is 7.33. The van der Waals surface area contributed by atoms with E-state index in [1.165, 1.54) is 0 Å². The van der Waals surface area contributed by atoms with E-state index in [0.717, 1.165) is 9.69 Å². The highest BCUT2D eigenvalue weighted by atomic mass is 31.1. The number of aromatic nitrogens is 6. The van der Waals surface area contributed by atoms with Gasteiger partial charge in [0.2, 0.25) is 0 Å². The first kappa shape index (κ1) is 12.7. The van der Waals surface area contributed by atoms with Crippen LogP contribution in [0.15, 0.2) is 48.5 Å². The van der Waals surface area contributed by atoms with Crippen molar-refractivity contribution in [3.8, 4) is 0 Å². The van der Waals surface area contributed by atoms with Crippen molar-refractivity contribution in [1.29, 1.82) is 0 Å². The molecule has 0 radical (unpaired) electrons. The molecule has 0 saturated carbocycles. The van der Waals surface area contributed by atoms with Crippen molar-refractivity contribution < 1.29 is 13.8 Å². The van der Waals surface area contributed by atoms with Crippen LogP contribution in [0.3, 0.4) is 0 Å². The molecule has 0 atom stereocenters.